The van der Waals surface area contributed by atoms with E-state index in [0.29, 0.717) is 5.69 Å². The fourth-order valence-corrected chi connectivity index (χ4v) is 4.24. The van der Waals surface area contributed by atoms with Gasteiger partial charge in [-0.3, -0.25) is 4.79 Å². The topological polar surface area (TPSA) is 133 Å². The maximum absolute atomic E-state index is 12.4. The van der Waals surface area contributed by atoms with Crippen molar-refractivity contribution in [1.82, 2.24) is 20.6 Å². The van der Waals surface area contributed by atoms with Crippen molar-refractivity contribution in [2.75, 3.05) is 6.61 Å². The molecule has 0 spiro atoms. The van der Waals surface area contributed by atoms with E-state index in [1.54, 1.807) is 6.92 Å². The molecule has 2 amide bonds. The summed E-state index contributed by atoms with van der Waals surface area (Å²) in [5.41, 5.74) is 5.10. The molecule has 3 aromatic rings. The number of aromatic amines is 1. The molecule has 2 aromatic carbocycles. The van der Waals surface area contributed by atoms with Crippen molar-refractivity contribution in [2.24, 2.45) is 0 Å². The van der Waals surface area contributed by atoms with E-state index in [-0.39, 0.29) is 25.4 Å². The van der Waals surface area contributed by atoms with Gasteiger partial charge in [0.1, 0.15) is 12.6 Å². The average molecular weight is 463 g/mol. The lowest BCUT2D eigenvalue weighted by Crippen LogP contribution is -2.45. The fourth-order valence-electron chi connectivity index (χ4n) is 4.24. The molecule has 0 saturated carbocycles. The molecular formula is C25H26N4O5. The smallest absolute Gasteiger partial charge is 0.407 e. The number of carbonyl (C=O) groups excluding carboxylic acids is 2. The third-order valence-corrected chi connectivity index (χ3v) is 5.81. The normalized spacial score (nSPS) is 13.9. The number of aromatic nitrogens is 2. The molecule has 0 aliphatic heterocycles. The number of benzene rings is 2. The van der Waals surface area contributed by atoms with Gasteiger partial charge >= 0.3 is 12.1 Å². The molecule has 176 valence electrons. The standard InChI is InChI=1S/C25H26N4O5/c1-15(10-23(30)29-22(24(31)32)11-16-12-26-14-27-16)28-25(33)34-13-21-19-8-4-2-6-17(19)18-7-3-5-9-20(18)21/h2-9,12,14-15,21-22H,10-11,13H2,1H3,(H,26,27)(H,28,33)(H,29,30)(H,31,32)/t15-,22-/m0/s1. The van der Waals surface area contributed by atoms with Crippen LogP contribution in [0.1, 0.15) is 36.1 Å². The van der Waals surface area contributed by atoms with Crippen LogP contribution in [0.25, 0.3) is 11.1 Å². The van der Waals surface area contributed by atoms with Crippen molar-refractivity contribution in [3.63, 3.8) is 0 Å². The summed E-state index contributed by atoms with van der Waals surface area (Å²) in [6.45, 7) is 1.83. The zero-order chi connectivity index (χ0) is 24.1. The van der Waals surface area contributed by atoms with E-state index in [9.17, 15) is 19.5 Å². The number of carboxylic acid groups (broad SMARTS) is 1. The molecule has 0 fully saturated rings. The first-order valence-corrected chi connectivity index (χ1v) is 11.0. The van der Waals surface area contributed by atoms with E-state index >= 15 is 0 Å². The molecule has 2 atom stereocenters. The second-order valence-corrected chi connectivity index (χ2v) is 8.31. The Balaban J connectivity index is 1.28. The highest BCUT2D eigenvalue weighted by Crippen LogP contribution is 2.44. The lowest BCUT2D eigenvalue weighted by Gasteiger charge is -2.18. The Morgan fingerprint density at radius 3 is 2.29 bits per heavy atom. The first kappa shape index (κ1) is 23.0. The van der Waals surface area contributed by atoms with Crippen LogP contribution >= 0.6 is 0 Å². The van der Waals surface area contributed by atoms with Crippen LogP contribution in [0, 0.1) is 0 Å². The Bertz CT molecular complexity index is 1130. The Labute approximate surface area is 196 Å². The number of carbonyl (C=O) groups is 3. The van der Waals surface area contributed by atoms with Crippen molar-refractivity contribution in [2.45, 2.75) is 37.8 Å². The summed E-state index contributed by atoms with van der Waals surface area (Å²) < 4.78 is 5.49. The number of ether oxygens (including phenoxy) is 1. The number of imidazole rings is 1. The molecule has 34 heavy (non-hydrogen) atoms. The second-order valence-electron chi connectivity index (χ2n) is 8.31. The number of H-pyrrole nitrogens is 1. The Kier molecular flexibility index (Phi) is 6.91. The highest BCUT2D eigenvalue weighted by Gasteiger charge is 2.29. The average Bonchev–Trinajstić information content (AvgIpc) is 3.43. The maximum Gasteiger partial charge on any atom is 0.407 e. The number of rotatable bonds is 9. The first-order chi connectivity index (χ1) is 16.4. The van der Waals surface area contributed by atoms with Crippen molar-refractivity contribution in [1.29, 1.82) is 0 Å². The quantitative estimate of drug-likeness (QED) is 0.386. The molecule has 0 saturated heterocycles. The van der Waals surface area contributed by atoms with Crippen LogP contribution in [0.3, 0.4) is 0 Å². The van der Waals surface area contributed by atoms with Crippen LogP contribution in [0.4, 0.5) is 4.79 Å². The summed E-state index contributed by atoms with van der Waals surface area (Å²) >= 11 is 0. The molecule has 1 aromatic heterocycles. The summed E-state index contributed by atoms with van der Waals surface area (Å²) in [6.07, 6.45) is 2.31. The van der Waals surface area contributed by atoms with Gasteiger partial charge in [-0.2, -0.15) is 0 Å². The summed E-state index contributed by atoms with van der Waals surface area (Å²) in [6, 6.07) is 14.5. The van der Waals surface area contributed by atoms with Gasteiger partial charge in [-0.15, -0.1) is 0 Å². The molecule has 1 aliphatic carbocycles. The lowest BCUT2D eigenvalue weighted by molar-refractivity contribution is -0.141. The van der Waals surface area contributed by atoms with E-state index in [1.165, 1.54) is 12.5 Å². The lowest BCUT2D eigenvalue weighted by atomic mass is 9.98. The summed E-state index contributed by atoms with van der Waals surface area (Å²) in [5.74, 6) is -1.70. The molecular weight excluding hydrogens is 436 g/mol. The largest absolute Gasteiger partial charge is 0.480 e. The SMILES string of the molecule is C[C@@H](CC(=O)N[C@@H](Cc1cnc[nH]1)C(=O)O)NC(=O)OCC1c2ccccc2-c2ccccc21. The van der Waals surface area contributed by atoms with Gasteiger partial charge in [-0.25, -0.2) is 14.6 Å². The van der Waals surface area contributed by atoms with E-state index in [0.717, 1.165) is 22.3 Å². The fraction of sp³-hybridized carbons (Fsp3) is 0.280. The van der Waals surface area contributed by atoms with Crippen molar-refractivity contribution in [3.8, 4) is 11.1 Å². The maximum atomic E-state index is 12.4. The number of amides is 2. The van der Waals surface area contributed by atoms with Gasteiger partial charge in [0.05, 0.1) is 6.33 Å². The molecule has 0 radical (unpaired) electrons. The van der Waals surface area contributed by atoms with Gasteiger partial charge in [0.25, 0.3) is 0 Å². The predicted molar refractivity (Wildman–Crippen MR) is 124 cm³/mol. The Morgan fingerprint density at radius 2 is 1.71 bits per heavy atom. The van der Waals surface area contributed by atoms with E-state index in [4.69, 9.17) is 4.74 Å². The van der Waals surface area contributed by atoms with Gasteiger partial charge in [0, 0.05) is 36.7 Å². The number of nitrogens with zero attached hydrogens (tertiary/aromatic N) is 1. The van der Waals surface area contributed by atoms with E-state index in [1.807, 2.05) is 36.4 Å². The minimum Gasteiger partial charge on any atom is -0.480 e. The number of alkyl carbamates (subject to hydrolysis) is 1. The van der Waals surface area contributed by atoms with Gasteiger partial charge in [0.15, 0.2) is 0 Å². The van der Waals surface area contributed by atoms with Crippen molar-refractivity contribution >= 4 is 18.0 Å². The van der Waals surface area contributed by atoms with Crippen LogP contribution in [-0.2, 0) is 20.7 Å². The van der Waals surface area contributed by atoms with E-state index < -0.39 is 30.1 Å². The highest BCUT2D eigenvalue weighted by atomic mass is 16.5. The van der Waals surface area contributed by atoms with Crippen molar-refractivity contribution < 1.29 is 24.2 Å². The third kappa shape index (κ3) is 5.25. The predicted octanol–water partition coefficient (Wildman–Crippen LogP) is 2.84. The molecule has 1 aliphatic rings. The van der Waals surface area contributed by atoms with Crippen LogP contribution in [0.5, 0.6) is 0 Å². The van der Waals surface area contributed by atoms with Crippen LogP contribution < -0.4 is 10.6 Å². The minimum atomic E-state index is -1.15. The minimum absolute atomic E-state index is 0.0597. The number of nitrogens with one attached hydrogen (secondary N) is 3. The van der Waals surface area contributed by atoms with Gasteiger partial charge < -0.3 is 25.5 Å². The highest BCUT2D eigenvalue weighted by molar-refractivity contribution is 5.84. The Morgan fingerprint density at radius 1 is 1.06 bits per heavy atom. The molecule has 9 nitrogen and oxygen atoms in total. The number of fused-ring (bicyclic) bond motifs is 3. The molecule has 0 unspecified atom stereocenters. The zero-order valence-corrected chi connectivity index (χ0v) is 18.7. The van der Waals surface area contributed by atoms with Crippen LogP contribution in [-0.4, -0.2) is 51.7 Å². The molecule has 1 heterocycles. The number of hydrogen-bond donors (Lipinski definition) is 4. The third-order valence-electron chi connectivity index (χ3n) is 5.81. The van der Waals surface area contributed by atoms with E-state index in [2.05, 4.69) is 32.7 Å². The summed E-state index contributed by atoms with van der Waals surface area (Å²) in [4.78, 5) is 42.8. The second kappa shape index (κ2) is 10.2. The summed E-state index contributed by atoms with van der Waals surface area (Å²) in [5, 5.41) is 14.5. The molecule has 4 rings (SSSR count). The van der Waals surface area contributed by atoms with Crippen LogP contribution in [0.15, 0.2) is 61.1 Å². The Hall–Kier alpha value is -4.14. The monoisotopic (exact) mass is 462 g/mol. The number of hydrogen-bond acceptors (Lipinski definition) is 5. The first-order valence-electron chi connectivity index (χ1n) is 11.0. The van der Waals surface area contributed by atoms with Gasteiger partial charge in [-0.05, 0) is 29.2 Å². The van der Waals surface area contributed by atoms with Crippen molar-refractivity contribution in [3.05, 3.63) is 77.9 Å². The van der Waals surface area contributed by atoms with Crippen LogP contribution in [0.2, 0.25) is 0 Å². The number of aliphatic carboxylic acids is 1. The molecule has 0 bridgehead atoms. The van der Waals surface area contributed by atoms with Gasteiger partial charge in [0.2, 0.25) is 5.91 Å². The molecule has 9 heteroatoms. The zero-order valence-electron chi connectivity index (χ0n) is 18.7. The summed E-state index contributed by atoms with van der Waals surface area (Å²) in [7, 11) is 0. The van der Waals surface area contributed by atoms with Gasteiger partial charge in [-0.1, -0.05) is 48.5 Å². The molecule has 4 N–H and O–H groups in total. The number of carboxylic acids is 1.